The number of ether oxygens (including phenoxy) is 1. The molecule has 0 heterocycles. The van der Waals surface area contributed by atoms with Crippen molar-refractivity contribution in [2.75, 3.05) is 0 Å². The maximum Gasteiger partial charge on any atom is 0.335 e. The predicted octanol–water partition coefficient (Wildman–Crippen LogP) is -1.24. The molecule has 1 aliphatic carbocycles. The van der Waals surface area contributed by atoms with Crippen molar-refractivity contribution in [2.45, 2.75) is 49.3 Å². The number of aliphatic carboxylic acids is 1. The third-order valence-electron chi connectivity index (χ3n) is 4.26. The fourth-order valence-corrected chi connectivity index (χ4v) is 2.82. The summed E-state index contributed by atoms with van der Waals surface area (Å²) < 4.78 is 4.92. The molecule has 1 aliphatic rings. The van der Waals surface area contributed by atoms with Crippen LogP contribution in [-0.4, -0.2) is 71.6 Å². The van der Waals surface area contributed by atoms with Crippen molar-refractivity contribution in [2.24, 2.45) is 0 Å². The highest BCUT2D eigenvalue weighted by molar-refractivity contribution is 5.77. The van der Waals surface area contributed by atoms with Gasteiger partial charge in [0.15, 0.2) is 23.2 Å². The molecule has 0 bridgehead atoms. The number of carbonyl (C=O) groups is 2. The quantitative estimate of drug-likeness (QED) is 0.244. The molecule has 0 unspecified atom stereocenters. The number of aliphatic hydroxyl groups excluding tert-OH is 3. The maximum atomic E-state index is 11.9. The van der Waals surface area contributed by atoms with Gasteiger partial charge >= 0.3 is 11.9 Å². The zero-order chi connectivity index (χ0) is 19.6. The first-order chi connectivity index (χ1) is 12.0. The Morgan fingerprint density at radius 3 is 2.23 bits per heavy atom. The lowest BCUT2D eigenvalue weighted by Gasteiger charge is -2.39. The molecule has 0 spiro atoms. The van der Waals surface area contributed by atoms with Gasteiger partial charge in [-0.1, -0.05) is 6.07 Å². The van der Waals surface area contributed by atoms with Crippen molar-refractivity contribution in [1.82, 2.24) is 0 Å². The Hall–Kier alpha value is -2.40. The Morgan fingerprint density at radius 2 is 1.73 bits per heavy atom. The molecule has 1 fully saturated rings. The molecule has 1 aromatic carbocycles. The van der Waals surface area contributed by atoms with Crippen molar-refractivity contribution >= 4 is 11.9 Å². The van der Waals surface area contributed by atoms with E-state index in [1.54, 1.807) is 0 Å². The molecule has 7 N–H and O–H groups in total. The van der Waals surface area contributed by atoms with Gasteiger partial charge < -0.3 is 40.5 Å². The van der Waals surface area contributed by atoms with E-state index in [1.807, 2.05) is 0 Å². The van der Waals surface area contributed by atoms with Crippen LogP contribution in [0.25, 0.3) is 0 Å². The Bertz CT molecular complexity index is 676. The average Bonchev–Trinajstić information content (AvgIpc) is 2.53. The first-order valence-electron chi connectivity index (χ1n) is 7.75. The van der Waals surface area contributed by atoms with E-state index in [2.05, 4.69) is 0 Å². The molecule has 144 valence electrons. The van der Waals surface area contributed by atoms with Gasteiger partial charge in [0, 0.05) is 12.8 Å². The zero-order valence-corrected chi connectivity index (χ0v) is 13.5. The lowest BCUT2D eigenvalue weighted by Crippen LogP contribution is -2.57. The molecule has 10 nitrogen and oxygen atoms in total. The normalized spacial score (nSPS) is 29.8. The van der Waals surface area contributed by atoms with Crippen LogP contribution in [0.4, 0.5) is 0 Å². The van der Waals surface area contributed by atoms with Gasteiger partial charge in [0.1, 0.15) is 0 Å². The Morgan fingerprint density at radius 1 is 1.15 bits per heavy atom. The third-order valence-corrected chi connectivity index (χ3v) is 4.26. The van der Waals surface area contributed by atoms with Crippen molar-refractivity contribution in [3.8, 4) is 11.5 Å². The summed E-state index contributed by atoms with van der Waals surface area (Å²) in [6.07, 6.45) is -7.91. The van der Waals surface area contributed by atoms with Crippen molar-refractivity contribution in [3.05, 3.63) is 23.8 Å². The van der Waals surface area contributed by atoms with Crippen molar-refractivity contribution < 1.29 is 50.1 Å². The summed E-state index contributed by atoms with van der Waals surface area (Å²) in [7, 11) is 0. The van der Waals surface area contributed by atoms with E-state index >= 15 is 0 Å². The summed E-state index contributed by atoms with van der Waals surface area (Å²) >= 11 is 0. The largest absolute Gasteiger partial charge is 0.504 e. The van der Waals surface area contributed by atoms with Gasteiger partial charge in [-0.2, -0.15) is 0 Å². The van der Waals surface area contributed by atoms with Crippen LogP contribution in [0.15, 0.2) is 18.2 Å². The summed E-state index contributed by atoms with van der Waals surface area (Å²) in [5.74, 6) is -3.49. The molecule has 3 atom stereocenters. The maximum absolute atomic E-state index is 11.9. The molecule has 2 rings (SSSR count). The molecular weight excluding hydrogens is 352 g/mol. The van der Waals surface area contributed by atoms with Crippen LogP contribution < -0.4 is 0 Å². The van der Waals surface area contributed by atoms with Crippen molar-refractivity contribution in [1.29, 1.82) is 0 Å². The van der Waals surface area contributed by atoms with E-state index in [0.29, 0.717) is 0 Å². The number of hydrogen-bond acceptors (Lipinski definition) is 9. The number of aromatic hydroxyl groups is 2. The van der Waals surface area contributed by atoms with Crippen LogP contribution >= 0.6 is 0 Å². The van der Waals surface area contributed by atoms with E-state index in [4.69, 9.17) is 9.84 Å². The Balaban J connectivity index is 1.98. The lowest BCUT2D eigenvalue weighted by molar-refractivity contribution is -0.199. The average molecular weight is 372 g/mol. The second kappa shape index (κ2) is 7.46. The van der Waals surface area contributed by atoms with Gasteiger partial charge in [0.25, 0.3) is 0 Å². The topological polar surface area (TPSA) is 185 Å². The summed E-state index contributed by atoms with van der Waals surface area (Å²) in [4.78, 5) is 22.9. The predicted molar refractivity (Wildman–Crippen MR) is 83.1 cm³/mol. The van der Waals surface area contributed by atoms with E-state index in [1.165, 1.54) is 6.07 Å². The highest BCUT2D eigenvalue weighted by Crippen LogP contribution is 2.32. The minimum absolute atomic E-state index is 0.127. The number of benzene rings is 1. The molecule has 0 amide bonds. The highest BCUT2D eigenvalue weighted by atomic mass is 16.6. The molecule has 1 aromatic rings. The van der Waals surface area contributed by atoms with Crippen LogP contribution in [-0.2, 0) is 14.3 Å². The van der Waals surface area contributed by atoms with Crippen LogP contribution in [0.1, 0.15) is 30.9 Å². The Kier molecular flexibility index (Phi) is 5.71. The number of phenols is 2. The first kappa shape index (κ1) is 19.9. The summed E-state index contributed by atoms with van der Waals surface area (Å²) in [5, 5.41) is 67.2. The Labute approximate surface area is 147 Å². The second-order valence-electron chi connectivity index (χ2n) is 6.30. The van der Waals surface area contributed by atoms with Gasteiger partial charge in [-0.05, 0) is 17.7 Å². The van der Waals surface area contributed by atoms with Gasteiger partial charge in [0.2, 0.25) is 0 Å². The SMILES string of the molecule is O=C(C[C@H](O)c1ccc(O)c(O)c1)OC1[C@H](O)CC(O)(C(=O)O)C[C@H]1O. The number of esters is 1. The molecule has 26 heavy (non-hydrogen) atoms. The summed E-state index contributed by atoms with van der Waals surface area (Å²) in [6.45, 7) is 0. The monoisotopic (exact) mass is 372 g/mol. The molecule has 1 saturated carbocycles. The number of carboxylic acid groups (broad SMARTS) is 1. The zero-order valence-electron chi connectivity index (χ0n) is 13.5. The van der Waals surface area contributed by atoms with Crippen LogP contribution in [0.3, 0.4) is 0 Å². The van der Waals surface area contributed by atoms with Crippen LogP contribution in [0.2, 0.25) is 0 Å². The number of carbonyl (C=O) groups excluding carboxylic acids is 1. The van der Waals surface area contributed by atoms with E-state index in [9.17, 15) is 40.2 Å². The molecule has 0 radical (unpaired) electrons. The second-order valence-corrected chi connectivity index (χ2v) is 6.30. The number of aliphatic hydroxyl groups is 4. The molecule has 0 aliphatic heterocycles. The first-order valence-corrected chi connectivity index (χ1v) is 7.75. The standard InChI is InChI=1S/C16H20O10/c17-8-2-1-7(3-10(8)19)9(18)4-13(22)26-14-11(20)5-16(25,15(23)24)6-12(14)21/h1-3,9,11-12,14,17-21,25H,4-6H2,(H,23,24)/t9-,11+,12+,14?,16?/m0/s1. The van der Waals surface area contributed by atoms with E-state index in [0.717, 1.165) is 12.1 Å². The number of hydrogen-bond donors (Lipinski definition) is 7. The lowest BCUT2D eigenvalue weighted by atomic mass is 9.79. The smallest absolute Gasteiger partial charge is 0.335 e. The van der Waals surface area contributed by atoms with Gasteiger partial charge in [-0.25, -0.2) is 4.79 Å². The van der Waals surface area contributed by atoms with E-state index < -0.39 is 72.7 Å². The summed E-state index contributed by atoms with van der Waals surface area (Å²) in [6, 6.07) is 3.47. The molecular formula is C16H20O10. The molecule has 0 aromatic heterocycles. The number of phenolic OH excluding ortho intramolecular Hbond substituents is 2. The minimum atomic E-state index is -2.33. The van der Waals surface area contributed by atoms with Crippen LogP contribution in [0, 0.1) is 0 Å². The highest BCUT2D eigenvalue weighted by Gasteiger charge is 2.50. The molecule has 10 heteroatoms. The minimum Gasteiger partial charge on any atom is -0.504 e. The van der Waals surface area contributed by atoms with Gasteiger partial charge in [-0.3, -0.25) is 4.79 Å². The summed E-state index contributed by atoms with van der Waals surface area (Å²) in [5.41, 5.74) is -2.20. The molecule has 0 saturated heterocycles. The van der Waals surface area contributed by atoms with Gasteiger partial charge in [0.05, 0.1) is 24.7 Å². The fourth-order valence-electron chi connectivity index (χ4n) is 2.82. The van der Waals surface area contributed by atoms with Crippen LogP contribution in [0.5, 0.6) is 11.5 Å². The third kappa shape index (κ3) is 4.22. The number of carboxylic acids is 1. The number of rotatable bonds is 5. The van der Waals surface area contributed by atoms with E-state index in [-0.39, 0.29) is 5.56 Å². The van der Waals surface area contributed by atoms with Gasteiger partial charge in [-0.15, -0.1) is 0 Å². The van der Waals surface area contributed by atoms with Crippen molar-refractivity contribution in [3.63, 3.8) is 0 Å². The fraction of sp³-hybridized carbons (Fsp3) is 0.500.